The SMILES string of the molecule is O=S(=O)(OC[C@H]1CCNC1)C(F)(F)F. The summed E-state index contributed by atoms with van der Waals surface area (Å²) in [6, 6.07) is 0. The van der Waals surface area contributed by atoms with Crippen LogP contribution in [0.25, 0.3) is 0 Å². The molecule has 0 aliphatic carbocycles. The van der Waals surface area contributed by atoms with Crippen molar-refractivity contribution < 1.29 is 25.8 Å². The number of hydrogen-bond acceptors (Lipinski definition) is 4. The molecule has 1 heterocycles. The van der Waals surface area contributed by atoms with Gasteiger partial charge in [-0.1, -0.05) is 0 Å². The van der Waals surface area contributed by atoms with Crippen LogP contribution in [-0.2, 0) is 14.3 Å². The van der Waals surface area contributed by atoms with Gasteiger partial charge in [-0.25, -0.2) is 0 Å². The van der Waals surface area contributed by atoms with E-state index in [9.17, 15) is 21.6 Å². The number of hydrogen-bond donors (Lipinski definition) is 1. The van der Waals surface area contributed by atoms with E-state index >= 15 is 0 Å². The molecule has 1 atom stereocenters. The van der Waals surface area contributed by atoms with E-state index < -0.39 is 22.2 Å². The van der Waals surface area contributed by atoms with Crippen molar-refractivity contribution in [3.8, 4) is 0 Å². The van der Waals surface area contributed by atoms with Crippen LogP contribution in [0.3, 0.4) is 0 Å². The van der Waals surface area contributed by atoms with Crippen LogP contribution in [0.5, 0.6) is 0 Å². The topological polar surface area (TPSA) is 55.4 Å². The van der Waals surface area contributed by atoms with Gasteiger partial charge in [0.05, 0.1) is 6.61 Å². The third-order valence-corrected chi connectivity index (χ3v) is 2.92. The second-order valence-electron chi connectivity index (χ2n) is 3.04. The predicted octanol–water partition coefficient (Wildman–Crippen LogP) is 0.462. The van der Waals surface area contributed by atoms with E-state index in [4.69, 9.17) is 0 Å². The molecule has 0 radical (unpaired) electrons. The van der Waals surface area contributed by atoms with Crippen LogP contribution in [0, 0.1) is 5.92 Å². The summed E-state index contributed by atoms with van der Waals surface area (Å²) in [4.78, 5) is 0. The second-order valence-corrected chi connectivity index (χ2v) is 4.65. The monoisotopic (exact) mass is 233 g/mol. The first-order valence-corrected chi connectivity index (χ1v) is 5.40. The van der Waals surface area contributed by atoms with Crippen LogP contribution in [0.4, 0.5) is 13.2 Å². The van der Waals surface area contributed by atoms with Gasteiger partial charge in [-0.15, -0.1) is 0 Å². The van der Waals surface area contributed by atoms with Crippen molar-refractivity contribution >= 4 is 10.1 Å². The molecule has 0 saturated carbocycles. The highest BCUT2D eigenvalue weighted by molar-refractivity contribution is 7.87. The third kappa shape index (κ3) is 2.82. The van der Waals surface area contributed by atoms with Crippen molar-refractivity contribution in [3.05, 3.63) is 0 Å². The molecule has 0 aromatic carbocycles. The maximum Gasteiger partial charge on any atom is 0.523 e. The largest absolute Gasteiger partial charge is 0.523 e. The van der Waals surface area contributed by atoms with Crippen molar-refractivity contribution in [3.63, 3.8) is 0 Å². The van der Waals surface area contributed by atoms with Gasteiger partial charge in [0.2, 0.25) is 0 Å². The number of nitrogens with one attached hydrogen (secondary N) is 1. The molecular formula is C6H10F3NO3S. The molecular weight excluding hydrogens is 223 g/mol. The minimum atomic E-state index is -5.41. The molecule has 0 unspecified atom stereocenters. The molecule has 1 fully saturated rings. The molecule has 1 aliphatic rings. The van der Waals surface area contributed by atoms with Crippen molar-refractivity contribution in [2.24, 2.45) is 5.92 Å². The van der Waals surface area contributed by atoms with Crippen molar-refractivity contribution in [1.82, 2.24) is 5.32 Å². The van der Waals surface area contributed by atoms with E-state index in [1.54, 1.807) is 0 Å². The van der Waals surface area contributed by atoms with Crippen LogP contribution < -0.4 is 5.32 Å². The molecule has 8 heteroatoms. The fourth-order valence-electron chi connectivity index (χ4n) is 1.11. The molecule has 1 N–H and O–H groups in total. The van der Waals surface area contributed by atoms with Crippen LogP contribution in [0.2, 0.25) is 0 Å². The molecule has 1 aliphatic heterocycles. The summed E-state index contributed by atoms with van der Waals surface area (Å²) in [5.41, 5.74) is -5.32. The Bertz CT molecular complexity index is 281. The molecule has 1 saturated heterocycles. The maximum atomic E-state index is 11.8. The van der Waals surface area contributed by atoms with E-state index in [0.717, 1.165) is 0 Å². The van der Waals surface area contributed by atoms with Gasteiger partial charge in [0, 0.05) is 6.54 Å². The number of rotatable bonds is 3. The Morgan fingerprint density at radius 3 is 2.50 bits per heavy atom. The van der Waals surface area contributed by atoms with Crippen LogP contribution in [0.1, 0.15) is 6.42 Å². The van der Waals surface area contributed by atoms with Crippen LogP contribution in [-0.4, -0.2) is 33.6 Å². The van der Waals surface area contributed by atoms with Gasteiger partial charge in [-0.3, -0.25) is 4.18 Å². The summed E-state index contributed by atoms with van der Waals surface area (Å²) >= 11 is 0. The summed E-state index contributed by atoms with van der Waals surface area (Å²) in [6.45, 7) is 0.766. The summed E-state index contributed by atoms with van der Waals surface area (Å²) in [5.74, 6) is -0.160. The van der Waals surface area contributed by atoms with Crippen LogP contribution in [0.15, 0.2) is 0 Å². The smallest absolute Gasteiger partial charge is 0.316 e. The molecule has 4 nitrogen and oxygen atoms in total. The highest BCUT2D eigenvalue weighted by atomic mass is 32.2. The van der Waals surface area contributed by atoms with E-state index in [1.807, 2.05) is 0 Å². The van der Waals surface area contributed by atoms with Gasteiger partial charge < -0.3 is 5.32 Å². The number of alkyl halides is 3. The second kappa shape index (κ2) is 4.03. The molecule has 84 valence electrons. The summed E-state index contributed by atoms with van der Waals surface area (Å²) in [7, 11) is -5.41. The number of halogens is 3. The van der Waals surface area contributed by atoms with Gasteiger partial charge in [0.15, 0.2) is 0 Å². The average Bonchev–Trinajstić information content (AvgIpc) is 2.50. The lowest BCUT2D eigenvalue weighted by atomic mass is 10.1. The predicted molar refractivity (Wildman–Crippen MR) is 41.9 cm³/mol. The van der Waals surface area contributed by atoms with Gasteiger partial charge in [0.25, 0.3) is 0 Å². The molecule has 0 bridgehead atoms. The van der Waals surface area contributed by atoms with Crippen LogP contribution >= 0.6 is 0 Å². The Hall–Kier alpha value is -0.340. The highest BCUT2D eigenvalue weighted by Crippen LogP contribution is 2.25. The Labute approximate surface area is 79.6 Å². The fourth-order valence-corrected chi connectivity index (χ4v) is 1.61. The van der Waals surface area contributed by atoms with Gasteiger partial charge in [-0.05, 0) is 18.9 Å². The first-order valence-electron chi connectivity index (χ1n) is 3.99. The van der Waals surface area contributed by atoms with Gasteiger partial charge in [-0.2, -0.15) is 21.6 Å². The van der Waals surface area contributed by atoms with E-state index in [0.29, 0.717) is 19.5 Å². The molecule has 14 heavy (non-hydrogen) atoms. The Kier molecular flexibility index (Phi) is 3.38. The van der Waals surface area contributed by atoms with Gasteiger partial charge >= 0.3 is 15.6 Å². The normalized spacial score (nSPS) is 24.1. The molecule has 0 aromatic heterocycles. The Morgan fingerprint density at radius 2 is 2.07 bits per heavy atom. The fraction of sp³-hybridized carbons (Fsp3) is 1.00. The molecule has 0 amide bonds. The molecule has 0 spiro atoms. The summed E-state index contributed by atoms with van der Waals surface area (Å²) in [6.07, 6.45) is 0.632. The average molecular weight is 233 g/mol. The van der Waals surface area contributed by atoms with Crippen molar-refractivity contribution in [2.45, 2.75) is 11.9 Å². The first-order chi connectivity index (χ1) is 6.33. The van der Waals surface area contributed by atoms with Crippen molar-refractivity contribution in [1.29, 1.82) is 0 Å². The minimum Gasteiger partial charge on any atom is -0.316 e. The van der Waals surface area contributed by atoms with E-state index in [1.165, 1.54) is 0 Å². The van der Waals surface area contributed by atoms with Crippen molar-refractivity contribution in [2.75, 3.05) is 19.7 Å². The molecule has 0 aromatic rings. The standard InChI is InChI=1S/C6H10F3NO3S/c7-6(8,9)14(11,12)13-4-5-1-2-10-3-5/h5,10H,1-4H2/t5-/m0/s1. The third-order valence-electron chi connectivity index (χ3n) is 1.90. The zero-order valence-corrected chi connectivity index (χ0v) is 7.99. The molecule has 1 rings (SSSR count). The highest BCUT2D eigenvalue weighted by Gasteiger charge is 2.47. The summed E-state index contributed by atoms with van der Waals surface area (Å²) < 4.78 is 60.1. The van der Waals surface area contributed by atoms with E-state index in [2.05, 4.69) is 9.50 Å². The Morgan fingerprint density at radius 1 is 1.43 bits per heavy atom. The Balaban J connectivity index is 2.44. The van der Waals surface area contributed by atoms with E-state index in [-0.39, 0.29) is 5.92 Å². The lowest BCUT2D eigenvalue weighted by Crippen LogP contribution is -2.28. The minimum absolute atomic E-state index is 0.160. The summed E-state index contributed by atoms with van der Waals surface area (Å²) in [5, 5.41) is 2.89. The van der Waals surface area contributed by atoms with Gasteiger partial charge in [0.1, 0.15) is 0 Å². The lowest BCUT2D eigenvalue weighted by Gasteiger charge is -2.11. The maximum absolute atomic E-state index is 11.8. The first kappa shape index (κ1) is 11.7. The lowest BCUT2D eigenvalue weighted by molar-refractivity contribution is -0.0549. The zero-order chi connectivity index (χ0) is 10.8. The quantitative estimate of drug-likeness (QED) is 0.568. The zero-order valence-electron chi connectivity index (χ0n) is 7.17.